The first-order valence-electron chi connectivity index (χ1n) is 12.4. The van der Waals surface area contributed by atoms with Crippen molar-refractivity contribution < 1.29 is 23.0 Å². The SMILES string of the molecule is CC.CCCCCC1CCC(CO/C(=C/C=C(\C)C2=C(F)C(F)=C(OC)CC2)CC)CO1. The van der Waals surface area contributed by atoms with Crippen LogP contribution in [0.25, 0.3) is 0 Å². The van der Waals surface area contributed by atoms with Crippen LogP contribution in [0, 0.1) is 5.92 Å². The lowest BCUT2D eigenvalue weighted by Crippen LogP contribution is -2.28. The summed E-state index contributed by atoms with van der Waals surface area (Å²) in [5.74, 6) is -0.346. The first-order valence-corrected chi connectivity index (χ1v) is 12.4. The number of methoxy groups -OCH3 is 1. The predicted molar refractivity (Wildman–Crippen MR) is 129 cm³/mol. The maximum atomic E-state index is 14.3. The van der Waals surface area contributed by atoms with E-state index in [1.54, 1.807) is 6.92 Å². The topological polar surface area (TPSA) is 27.7 Å². The van der Waals surface area contributed by atoms with E-state index in [-0.39, 0.29) is 5.76 Å². The summed E-state index contributed by atoms with van der Waals surface area (Å²) in [7, 11) is 1.37. The van der Waals surface area contributed by atoms with E-state index in [2.05, 4.69) is 6.92 Å². The number of rotatable bonds is 11. The molecule has 0 N–H and O–H groups in total. The second-order valence-electron chi connectivity index (χ2n) is 8.28. The van der Waals surface area contributed by atoms with Crippen LogP contribution < -0.4 is 0 Å². The van der Waals surface area contributed by atoms with Gasteiger partial charge in [0.25, 0.3) is 0 Å². The summed E-state index contributed by atoms with van der Waals surface area (Å²) >= 11 is 0. The number of hydrogen-bond donors (Lipinski definition) is 0. The second-order valence-corrected chi connectivity index (χ2v) is 8.28. The molecule has 0 amide bonds. The molecule has 184 valence electrons. The number of unbranched alkanes of at least 4 members (excludes halogenated alkanes) is 2. The second kappa shape index (κ2) is 16.1. The molecule has 2 unspecified atom stereocenters. The summed E-state index contributed by atoms with van der Waals surface area (Å²) in [6.07, 6.45) is 12.8. The molecule has 2 rings (SSSR count). The fraction of sp³-hybridized carbons (Fsp3) is 0.704. The van der Waals surface area contributed by atoms with Crippen LogP contribution in [0.1, 0.15) is 92.4 Å². The Hall–Kier alpha value is -1.62. The lowest BCUT2D eigenvalue weighted by atomic mass is 9.95. The molecule has 5 heteroatoms. The predicted octanol–water partition coefficient (Wildman–Crippen LogP) is 8.49. The Labute approximate surface area is 194 Å². The zero-order valence-corrected chi connectivity index (χ0v) is 21.1. The van der Waals surface area contributed by atoms with Crippen LogP contribution in [0.4, 0.5) is 8.78 Å². The smallest absolute Gasteiger partial charge is 0.196 e. The monoisotopic (exact) mass is 454 g/mol. The van der Waals surface area contributed by atoms with Gasteiger partial charge in [0.1, 0.15) is 5.76 Å². The van der Waals surface area contributed by atoms with E-state index in [0.717, 1.165) is 31.6 Å². The molecule has 0 bridgehead atoms. The van der Waals surface area contributed by atoms with E-state index in [0.29, 0.717) is 42.6 Å². The summed E-state index contributed by atoms with van der Waals surface area (Å²) in [5.41, 5.74) is 1.11. The molecule has 0 aromatic carbocycles. The van der Waals surface area contributed by atoms with Gasteiger partial charge in [0, 0.05) is 18.8 Å². The molecule has 1 saturated heterocycles. The fourth-order valence-electron chi connectivity index (χ4n) is 3.93. The minimum absolute atomic E-state index is 0.0828. The van der Waals surface area contributed by atoms with Crippen LogP contribution >= 0.6 is 0 Å². The van der Waals surface area contributed by atoms with Crippen molar-refractivity contribution in [3.63, 3.8) is 0 Å². The van der Waals surface area contributed by atoms with Crippen molar-refractivity contribution in [2.75, 3.05) is 20.3 Å². The van der Waals surface area contributed by atoms with Crippen molar-refractivity contribution in [3.05, 3.63) is 46.5 Å². The highest BCUT2D eigenvalue weighted by Crippen LogP contribution is 2.35. The third-order valence-electron chi connectivity index (χ3n) is 5.99. The molecule has 3 nitrogen and oxygen atoms in total. The van der Waals surface area contributed by atoms with E-state index >= 15 is 0 Å². The fourth-order valence-corrected chi connectivity index (χ4v) is 3.93. The Morgan fingerprint density at radius 2 is 1.81 bits per heavy atom. The molecule has 1 aliphatic heterocycles. The Bertz CT molecular complexity index is 668. The van der Waals surface area contributed by atoms with Crippen molar-refractivity contribution in [2.24, 2.45) is 5.92 Å². The van der Waals surface area contributed by atoms with Gasteiger partial charge in [-0.25, -0.2) is 8.78 Å². The average Bonchev–Trinajstić information content (AvgIpc) is 2.83. The van der Waals surface area contributed by atoms with Crippen LogP contribution in [-0.4, -0.2) is 26.4 Å². The van der Waals surface area contributed by atoms with Gasteiger partial charge < -0.3 is 14.2 Å². The molecule has 1 heterocycles. The highest BCUT2D eigenvalue weighted by Gasteiger charge is 2.24. The number of allylic oxidation sites excluding steroid dienone is 8. The van der Waals surface area contributed by atoms with Crippen molar-refractivity contribution in [1.29, 1.82) is 0 Å². The van der Waals surface area contributed by atoms with Crippen molar-refractivity contribution >= 4 is 0 Å². The van der Waals surface area contributed by atoms with E-state index in [9.17, 15) is 8.78 Å². The van der Waals surface area contributed by atoms with Gasteiger partial charge in [-0.2, -0.15) is 0 Å². The van der Waals surface area contributed by atoms with Gasteiger partial charge >= 0.3 is 0 Å². The normalized spacial score (nSPS) is 22.5. The Balaban J connectivity index is 0.00000249. The molecule has 1 fully saturated rings. The molecular formula is C27H44F2O3. The number of ether oxygens (including phenoxy) is 3. The number of hydrogen-bond acceptors (Lipinski definition) is 3. The Morgan fingerprint density at radius 1 is 1.06 bits per heavy atom. The number of halogens is 2. The van der Waals surface area contributed by atoms with Crippen LogP contribution in [0.5, 0.6) is 0 Å². The Morgan fingerprint density at radius 3 is 2.41 bits per heavy atom. The minimum Gasteiger partial charge on any atom is -0.498 e. The van der Waals surface area contributed by atoms with Gasteiger partial charge in [-0.3, -0.25) is 0 Å². The van der Waals surface area contributed by atoms with Crippen LogP contribution in [0.2, 0.25) is 0 Å². The third-order valence-corrected chi connectivity index (χ3v) is 5.99. The zero-order chi connectivity index (χ0) is 23.9. The van der Waals surface area contributed by atoms with E-state index in [1.165, 1.54) is 32.8 Å². The van der Waals surface area contributed by atoms with Crippen molar-refractivity contribution in [1.82, 2.24) is 0 Å². The zero-order valence-electron chi connectivity index (χ0n) is 21.1. The average molecular weight is 455 g/mol. The quantitative estimate of drug-likeness (QED) is 0.178. The molecule has 0 aromatic heterocycles. The van der Waals surface area contributed by atoms with E-state index < -0.39 is 11.7 Å². The van der Waals surface area contributed by atoms with Gasteiger partial charge in [-0.15, -0.1) is 0 Å². The molecule has 2 atom stereocenters. The van der Waals surface area contributed by atoms with Gasteiger partial charge in [0.15, 0.2) is 11.7 Å². The minimum atomic E-state index is -0.882. The van der Waals surface area contributed by atoms with Crippen LogP contribution in [0.3, 0.4) is 0 Å². The molecule has 32 heavy (non-hydrogen) atoms. The Kier molecular flexibility index (Phi) is 14.3. The summed E-state index contributed by atoms with van der Waals surface area (Å²) in [6, 6.07) is 0. The highest BCUT2D eigenvalue weighted by atomic mass is 19.2. The highest BCUT2D eigenvalue weighted by molar-refractivity contribution is 5.43. The van der Waals surface area contributed by atoms with Crippen LogP contribution in [-0.2, 0) is 14.2 Å². The molecular weight excluding hydrogens is 410 g/mol. The maximum absolute atomic E-state index is 14.3. The lowest BCUT2D eigenvalue weighted by molar-refractivity contribution is -0.0384. The van der Waals surface area contributed by atoms with Crippen molar-refractivity contribution in [3.8, 4) is 0 Å². The van der Waals surface area contributed by atoms with E-state index in [1.807, 2.05) is 32.9 Å². The standard InChI is InChI=1S/C25H38F2O3.C2H6/c1-5-7-8-9-21-13-11-19(17-30-21)16-29-20(6-2)12-10-18(3)22-14-15-23(28-4)25(27)24(22)26;1-2/h10,12,19,21H,5-9,11,13-17H2,1-4H3;1-2H3/b18-10+,20-12+;. The van der Waals surface area contributed by atoms with Crippen molar-refractivity contribution in [2.45, 2.75) is 98.5 Å². The van der Waals surface area contributed by atoms with Gasteiger partial charge in [0.2, 0.25) is 0 Å². The molecule has 0 aromatic rings. The first-order chi connectivity index (χ1) is 15.5. The first kappa shape index (κ1) is 28.4. The summed E-state index contributed by atoms with van der Waals surface area (Å²) in [4.78, 5) is 0. The van der Waals surface area contributed by atoms with Gasteiger partial charge in [-0.1, -0.05) is 53.0 Å². The maximum Gasteiger partial charge on any atom is 0.196 e. The van der Waals surface area contributed by atoms with Crippen LogP contribution in [0.15, 0.2) is 46.5 Å². The molecule has 0 saturated carbocycles. The largest absolute Gasteiger partial charge is 0.498 e. The summed E-state index contributed by atoms with van der Waals surface area (Å²) < 4.78 is 45.2. The third kappa shape index (κ3) is 9.09. The lowest BCUT2D eigenvalue weighted by Gasteiger charge is -2.29. The van der Waals surface area contributed by atoms with E-state index in [4.69, 9.17) is 14.2 Å². The molecule has 1 aliphatic carbocycles. The molecule has 0 radical (unpaired) electrons. The summed E-state index contributed by atoms with van der Waals surface area (Å²) in [6.45, 7) is 11.5. The van der Waals surface area contributed by atoms with Gasteiger partial charge in [0.05, 0.1) is 32.2 Å². The molecule has 2 aliphatic rings. The van der Waals surface area contributed by atoms with Gasteiger partial charge in [-0.05, 0) is 49.8 Å². The molecule has 0 spiro atoms. The summed E-state index contributed by atoms with van der Waals surface area (Å²) in [5, 5.41) is 0.